The third-order valence-corrected chi connectivity index (χ3v) is 3.12. The predicted octanol–water partition coefficient (Wildman–Crippen LogP) is 3.43. The van der Waals surface area contributed by atoms with Gasteiger partial charge in [-0.2, -0.15) is 0 Å². The first kappa shape index (κ1) is 16.9. The molecule has 0 aliphatic carbocycles. The normalized spacial score (nSPS) is 14.8. The number of rotatable bonds is 4. The molecule has 1 rings (SSSR count). The van der Waals surface area contributed by atoms with E-state index in [-0.39, 0.29) is 28.6 Å². The molecule has 3 nitrogen and oxygen atoms in total. The summed E-state index contributed by atoms with van der Waals surface area (Å²) in [5.74, 6) is -0.515. The van der Waals surface area contributed by atoms with Gasteiger partial charge < -0.3 is 5.32 Å². The number of carbonyl (C=O) groups excluding carboxylic acids is 1. The van der Waals surface area contributed by atoms with Crippen LogP contribution in [0.2, 0.25) is 5.02 Å². The quantitative estimate of drug-likeness (QED) is 0.894. The summed E-state index contributed by atoms with van der Waals surface area (Å²) in [6.07, 6.45) is 0. The van der Waals surface area contributed by atoms with Crippen LogP contribution in [0.25, 0.3) is 0 Å². The smallest absolute Gasteiger partial charge is 0.237 e. The molecule has 2 N–H and O–H groups in total. The number of amides is 1. The van der Waals surface area contributed by atoms with E-state index < -0.39 is 5.82 Å². The Morgan fingerprint density at radius 2 is 1.90 bits per heavy atom. The zero-order valence-electron chi connectivity index (χ0n) is 12.6. The molecule has 1 amide bonds. The predicted molar refractivity (Wildman–Crippen MR) is 80.3 cm³/mol. The van der Waals surface area contributed by atoms with Gasteiger partial charge in [-0.1, -0.05) is 17.7 Å². The van der Waals surface area contributed by atoms with E-state index in [9.17, 15) is 9.18 Å². The van der Waals surface area contributed by atoms with E-state index in [4.69, 9.17) is 11.6 Å². The van der Waals surface area contributed by atoms with Gasteiger partial charge in [0.25, 0.3) is 0 Å². The van der Waals surface area contributed by atoms with Crippen LogP contribution in [-0.4, -0.2) is 17.5 Å². The van der Waals surface area contributed by atoms with Crippen LogP contribution < -0.4 is 10.6 Å². The van der Waals surface area contributed by atoms with E-state index in [1.165, 1.54) is 6.07 Å². The van der Waals surface area contributed by atoms with Crippen molar-refractivity contribution in [2.45, 2.75) is 52.2 Å². The zero-order chi connectivity index (χ0) is 15.5. The average molecular weight is 301 g/mol. The van der Waals surface area contributed by atoms with Gasteiger partial charge in [-0.15, -0.1) is 0 Å². The molecule has 0 bridgehead atoms. The summed E-state index contributed by atoms with van der Waals surface area (Å²) >= 11 is 5.76. The first-order chi connectivity index (χ1) is 9.10. The summed E-state index contributed by atoms with van der Waals surface area (Å²) < 4.78 is 13.1. The second-order valence-corrected chi connectivity index (χ2v) is 6.43. The van der Waals surface area contributed by atoms with Crippen molar-refractivity contribution < 1.29 is 9.18 Å². The summed E-state index contributed by atoms with van der Waals surface area (Å²) in [6, 6.07) is 4.10. The monoisotopic (exact) mass is 300 g/mol. The van der Waals surface area contributed by atoms with Gasteiger partial charge in [-0.05, 0) is 52.3 Å². The minimum absolute atomic E-state index is 0.0717. The molecular formula is C15H22ClFN2O. The largest absolute Gasteiger partial charge is 0.350 e. The van der Waals surface area contributed by atoms with E-state index in [1.54, 1.807) is 19.1 Å². The number of carbonyl (C=O) groups is 1. The van der Waals surface area contributed by atoms with Crippen molar-refractivity contribution in [3.8, 4) is 0 Å². The molecule has 0 aliphatic rings. The van der Waals surface area contributed by atoms with Crippen molar-refractivity contribution in [2.24, 2.45) is 0 Å². The molecule has 0 heterocycles. The fraction of sp³-hybridized carbons (Fsp3) is 0.533. The standard InChI is InChI=1S/C15H22ClFN2O/c1-9(11-6-7-13(17)12(16)8-11)18-10(2)14(20)19-15(3,4)5/h6-10,18H,1-5H3,(H,19,20). The van der Waals surface area contributed by atoms with Crippen LogP contribution in [0.3, 0.4) is 0 Å². The Bertz CT molecular complexity index is 485. The van der Waals surface area contributed by atoms with Gasteiger partial charge in [-0.3, -0.25) is 10.1 Å². The molecule has 1 aromatic carbocycles. The minimum Gasteiger partial charge on any atom is -0.350 e. The van der Waals surface area contributed by atoms with Crippen molar-refractivity contribution in [3.63, 3.8) is 0 Å². The van der Waals surface area contributed by atoms with E-state index in [0.29, 0.717) is 0 Å². The number of nitrogens with one attached hydrogen (secondary N) is 2. The summed E-state index contributed by atoms with van der Waals surface area (Å²) in [4.78, 5) is 12.0. The Hall–Kier alpha value is -1.13. The van der Waals surface area contributed by atoms with Crippen LogP contribution in [0, 0.1) is 5.82 Å². The molecule has 0 spiro atoms. The van der Waals surface area contributed by atoms with Gasteiger partial charge in [0.15, 0.2) is 0 Å². The van der Waals surface area contributed by atoms with E-state index in [2.05, 4.69) is 10.6 Å². The summed E-state index contributed by atoms with van der Waals surface area (Å²) in [7, 11) is 0. The molecule has 112 valence electrons. The molecule has 0 saturated carbocycles. The highest BCUT2D eigenvalue weighted by atomic mass is 35.5. The van der Waals surface area contributed by atoms with E-state index in [0.717, 1.165) is 5.56 Å². The van der Waals surface area contributed by atoms with Gasteiger partial charge in [0.05, 0.1) is 11.1 Å². The second kappa shape index (κ2) is 6.55. The lowest BCUT2D eigenvalue weighted by Gasteiger charge is -2.25. The molecule has 0 aromatic heterocycles. The Balaban J connectivity index is 2.67. The van der Waals surface area contributed by atoms with Crippen molar-refractivity contribution in [1.29, 1.82) is 0 Å². The lowest BCUT2D eigenvalue weighted by molar-refractivity contribution is -0.124. The van der Waals surface area contributed by atoms with Crippen LogP contribution in [-0.2, 0) is 4.79 Å². The maximum absolute atomic E-state index is 13.1. The lowest BCUT2D eigenvalue weighted by atomic mass is 10.1. The molecule has 0 radical (unpaired) electrons. The fourth-order valence-corrected chi connectivity index (χ4v) is 2.00. The number of halogens is 2. The Kier molecular flexibility index (Phi) is 5.54. The number of hydrogen-bond donors (Lipinski definition) is 2. The van der Waals surface area contributed by atoms with Gasteiger partial charge in [0.2, 0.25) is 5.91 Å². The highest BCUT2D eigenvalue weighted by Crippen LogP contribution is 2.21. The maximum Gasteiger partial charge on any atom is 0.237 e. The van der Waals surface area contributed by atoms with Crippen LogP contribution in [0.1, 0.15) is 46.2 Å². The van der Waals surface area contributed by atoms with E-state index >= 15 is 0 Å². The first-order valence-electron chi connectivity index (χ1n) is 6.63. The van der Waals surface area contributed by atoms with Gasteiger partial charge in [0.1, 0.15) is 5.82 Å². The van der Waals surface area contributed by atoms with Gasteiger partial charge in [-0.25, -0.2) is 4.39 Å². The fourth-order valence-electron chi connectivity index (χ4n) is 1.81. The highest BCUT2D eigenvalue weighted by molar-refractivity contribution is 6.30. The third-order valence-electron chi connectivity index (χ3n) is 2.84. The van der Waals surface area contributed by atoms with Crippen molar-refractivity contribution in [1.82, 2.24) is 10.6 Å². The van der Waals surface area contributed by atoms with Gasteiger partial charge in [0, 0.05) is 11.6 Å². The molecule has 0 fully saturated rings. The molecule has 20 heavy (non-hydrogen) atoms. The highest BCUT2D eigenvalue weighted by Gasteiger charge is 2.21. The molecule has 0 saturated heterocycles. The van der Waals surface area contributed by atoms with Gasteiger partial charge >= 0.3 is 0 Å². The van der Waals surface area contributed by atoms with Crippen molar-refractivity contribution >= 4 is 17.5 Å². The average Bonchev–Trinajstić information content (AvgIpc) is 2.30. The SMILES string of the molecule is CC(NC(C)c1ccc(F)c(Cl)c1)C(=O)NC(C)(C)C. The Morgan fingerprint density at radius 1 is 1.30 bits per heavy atom. The maximum atomic E-state index is 13.1. The summed E-state index contributed by atoms with van der Waals surface area (Å²) in [6.45, 7) is 9.50. The molecule has 0 aliphatic heterocycles. The Labute approximate surface area is 124 Å². The molecule has 1 aromatic rings. The summed E-state index contributed by atoms with van der Waals surface area (Å²) in [5, 5.41) is 6.17. The van der Waals surface area contributed by atoms with Crippen LogP contribution in [0.4, 0.5) is 4.39 Å². The third kappa shape index (κ3) is 5.10. The molecule has 2 atom stereocenters. The number of benzene rings is 1. The molecule has 5 heteroatoms. The molecule has 2 unspecified atom stereocenters. The van der Waals surface area contributed by atoms with Crippen LogP contribution in [0.5, 0.6) is 0 Å². The minimum atomic E-state index is -0.443. The molecular weight excluding hydrogens is 279 g/mol. The van der Waals surface area contributed by atoms with Crippen LogP contribution >= 0.6 is 11.6 Å². The number of hydrogen-bond acceptors (Lipinski definition) is 2. The van der Waals surface area contributed by atoms with E-state index in [1.807, 2.05) is 27.7 Å². The second-order valence-electron chi connectivity index (χ2n) is 6.02. The zero-order valence-corrected chi connectivity index (χ0v) is 13.3. The topological polar surface area (TPSA) is 41.1 Å². The Morgan fingerprint density at radius 3 is 2.40 bits per heavy atom. The van der Waals surface area contributed by atoms with Crippen molar-refractivity contribution in [2.75, 3.05) is 0 Å². The van der Waals surface area contributed by atoms with Crippen molar-refractivity contribution in [3.05, 3.63) is 34.6 Å². The summed E-state index contributed by atoms with van der Waals surface area (Å²) in [5.41, 5.74) is 0.571. The first-order valence-corrected chi connectivity index (χ1v) is 7.01. The lowest BCUT2D eigenvalue weighted by Crippen LogP contribution is -2.49. The van der Waals surface area contributed by atoms with Crippen LogP contribution in [0.15, 0.2) is 18.2 Å².